The molecule has 4 rings (SSSR count). The lowest BCUT2D eigenvalue weighted by atomic mass is 10.2. The summed E-state index contributed by atoms with van der Waals surface area (Å²) >= 11 is 1.54. The van der Waals surface area contributed by atoms with Crippen LogP contribution in [0, 0.1) is 13.8 Å². The smallest absolute Gasteiger partial charge is 0.232 e. The first kappa shape index (κ1) is 22.2. The number of aryl methyl sites for hydroxylation is 2. The summed E-state index contributed by atoms with van der Waals surface area (Å²) in [5, 5.41) is 6.31. The molecule has 0 aliphatic carbocycles. The van der Waals surface area contributed by atoms with E-state index in [9.17, 15) is 0 Å². The first-order valence-electron chi connectivity index (χ1n) is 10.2. The van der Waals surface area contributed by atoms with Crippen LogP contribution in [0.3, 0.4) is 0 Å². The van der Waals surface area contributed by atoms with Gasteiger partial charge in [0.15, 0.2) is 0 Å². The van der Waals surface area contributed by atoms with Crippen molar-refractivity contribution in [2.75, 3.05) is 22.1 Å². The molecule has 33 heavy (non-hydrogen) atoms. The van der Waals surface area contributed by atoms with Crippen LogP contribution in [-0.4, -0.2) is 29.9 Å². The van der Waals surface area contributed by atoms with Crippen molar-refractivity contribution in [1.29, 1.82) is 0 Å². The second kappa shape index (κ2) is 10.1. The van der Waals surface area contributed by atoms with E-state index in [2.05, 4.69) is 40.5 Å². The zero-order valence-electron chi connectivity index (χ0n) is 18.3. The molecule has 2 aromatic heterocycles. The maximum absolute atomic E-state index is 5.87. The first-order valence-corrected chi connectivity index (χ1v) is 11.3. The number of benzene rings is 2. The SMILES string of the molecule is Cc1ccc(Nc2nc(N)nc(CSCc3nc(N)nc(Nc4ccc(C)cc4)n3)n2)cc1. The van der Waals surface area contributed by atoms with Crippen molar-refractivity contribution in [3.63, 3.8) is 0 Å². The van der Waals surface area contributed by atoms with E-state index in [-0.39, 0.29) is 11.9 Å². The predicted molar refractivity (Wildman–Crippen MR) is 132 cm³/mol. The van der Waals surface area contributed by atoms with Gasteiger partial charge in [0, 0.05) is 11.4 Å². The summed E-state index contributed by atoms with van der Waals surface area (Å²) in [5.74, 6) is 3.23. The molecule has 0 radical (unpaired) electrons. The Hall–Kier alpha value is -3.99. The second-order valence-corrected chi connectivity index (χ2v) is 8.33. The van der Waals surface area contributed by atoms with Crippen LogP contribution in [0.2, 0.25) is 0 Å². The van der Waals surface area contributed by atoms with Gasteiger partial charge in [-0.25, -0.2) is 0 Å². The van der Waals surface area contributed by atoms with Crippen LogP contribution in [0.15, 0.2) is 48.5 Å². The van der Waals surface area contributed by atoms with E-state index in [0.29, 0.717) is 35.1 Å². The molecule has 11 heteroatoms. The summed E-state index contributed by atoms with van der Waals surface area (Å²) in [5.41, 5.74) is 15.8. The third kappa shape index (κ3) is 6.50. The number of aromatic nitrogens is 6. The number of nitrogens with zero attached hydrogens (tertiary/aromatic N) is 6. The minimum Gasteiger partial charge on any atom is -0.368 e. The highest BCUT2D eigenvalue weighted by molar-refractivity contribution is 7.97. The van der Waals surface area contributed by atoms with Gasteiger partial charge in [-0.2, -0.15) is 29.9 Å². The standard InChI is InChI=1S/C22H24N10S/c1-13-3-7-15(8-4-13)25-21-29-17(27-19(23)31-21)11-33-12-18-28-20(24)32-22(30-18)26-16-9-5-14(2)6-10-16/h3-10H,11-12H2,1-2H3,(H3,23,25,27,29,31)(H3,24,26,28,30,32). The molecular formula is C22H24N10S. The largest absolute Gasteiger partial charge is 0.368 e. The molecule has 6 N–H and O–H groups in total. The first-order chi connectivity index (χ1) is 15.9. The lowest BCUT2D eigenvalue weighted by Crippen LogP contribution is -2.08. The van der Waals surface area contributed by atoms with Crippen molar-refractivity contribution in [3.05, 3.63) is 71.3 Å². The van der Waals surface area contributed by atoms with Gasteiger partial charge in [-0.05, 0) is 38.1 Å². The van der Waals surface area contributed by atoms with Crippen molar-refractivity contribution in [1.82, 2.24) is 29.9 Å². The van der Waals surface area contributed by atoms with Crippen LogP contribution in [0.25, 0.3) is 0 Å². The van der Waals surface area contributed by atoms with Crippen LogP contribution in [0.4, 0.5) is 35.2 Å². The van der Waals surface area contributed by atoms with E-state index < -0.39 is 0 Å². The fourth-order valence-corrected chi connectivity index (χ4v) is 3.61. The molecule has 10 nitrogen and oxygen atoms in total. The van der Waals surface area contributed by atoms with Gasteiger partial charge in [-0.15, -0.1) is 11.8 Å². The van der Waals surface area contributed by atoms with Crippen molar-refractivity contribution in [2.24, 2.45) is 0 Å². The Bertz CT molecular complexity index is 1130. The lowest BCUT2D eigenvalue weighted by Gasteiger charge is -2.09. The average Bonchev–Trinajstić information content (AvgIpc) is 2.76. The number of thioether (sulfide) groups is 1. The van der Waals surface area contributed by atoms with E-state index >= 15 is 0 Å². The Kier molecular flexibility index (Phi) is 6.79. The molecule has 0 atom stereocenters. The highest BCUT2D eigenvalue weighted by Gasteiger charge is 2.09. The van der Waals surface area contributed by atoms with E-state index in [1.165, 1.54) is 22.9 Å². The Morgan fingerprint density at radius 1 is 0.606 bits per heavy atom. The van der Waals surface area contributed by atoms with Crippen molar-refractivity contribution in [2.45, 2.75) is 25.4 Å². The van der Waals surface area contributed by atoms with Crippen LogP contribution < -0.4 is 22.1 Å². The van der Waals surface area contributed by atoms with Crippen LogP contribution in [0.1, 0.15) is 22.8 Å². The summed E-state index contributed by atoms with van der Waals surface area (Å²) in [6.45, 7) is 4.06. The molecule has 0 unspecified atom stereocenters. The van der Waals surface area contributed by atoms with E-state index in [1.54, 1.807) is 0 Å². The molecule has 0 spiro atoms. The molecule has 2 heterocycles. The number of nitrogen functional groups attached to an aromatic ring is 2. The fourth-order valence-electron chi connectivity index (χ4n) is 2.88. The van der Waals surface area contributed by atoms with Gasteiger partial charge in [-0.1, -0.05) is 35.4 Å². The predicted octanol–water partition coefficient (Wildman–Crippen LogP) is 3.76. The molecule has 0 aliphatic heterocycles. The number of nitrogens with two attached hydrogens (primary N) is 2. The van der Waals surface area contributed by atoms with E-state index in [4.69, 9.17) is 11.5 Å². The van der Waals surface area contributed by atoms with Gasteiger partial charge in [0.05, 0.1) is 11.5 Å². The summed E-state index contributed by atoms with van der Waals surface area (Å²) < 4.78 is 0. The Morgan fingerprint density at radius 3 is 1.39 bits per heavy atom. The summed E-state index contributed by atoms with van der Waals surface area (Å²) in [7, 11) is 0. The summed E-state index contributed by atoms with van der Waals surface area (Å²) in [4.78, 5) is 25.7. The van der Waals surface area contributed by atoms with Gasteiger partial charge in [-0.3, -0.25) is 0 Å². The molecule has 2 aromatic carbocycles. The minimum atomic E-state index is 0.157. The number of hydrogen-bond acceptors (Lipinski definition) is 11. The molecular weight excluding hydrogens is 436 g/mol. The molecule has 4 aromatic rings. The highest BCUT2D eigenvalue weighted by atomic mass is 32.2. The van der Waals surface area contributed by atoms with E-state index in [1.807, 2.05) is 62.4 Å². The van der Waals surface area contributed by atoms with Crippen molar-refractivity contribution in [3.8, 4) is 0 Å². The van der Waals surface area contributed by atoms with Gasteiger partial charge >= 0.3 is 0 Å². The normalized spacial score (nSPS) is 10.7. The van der Waals surface area contributed by atoms with E-state index in [0.717, 1.165) is 11.4 Å². The zero-order valence-corrected chi connectivity index (χ0v) is 19.1. The maximum atomic E-state index is 5.87. The van der Waals surface area contributed by atoms with Crippen LogP contribution in [-0.2, 0) is 11.5 Å². The zero-order chi connectivity index (χ0) is 23.2. The number of nitrogens with one attached hydrogen (secondary N) is 2. The summed E-state index contributed by atoms with van der Waals surface area (Å²) in [6, 6.07) is 15.8. The number of rotatable bonds is 8. The fraction of sp³-hybridized carbons (Fsp3) is 0.182. The van der Waals surface area contributed by atoms with Crippen LogP contribution >= 0.6 is 11.8 Å². The third-order valence-corrected chi connectivity index (χ3v) is 5.40. The number of anilines is 6. The third-order valence-electron chi connectivity index (χ3n) is 4.48. The van der Waals surface area contributed by atoms with Gasteiger partial charge in [0.25, 0.3) is 0 Å². The van der Waals surface area contributed by atoms with Gasteiger partial charge in [0.2, 0.25) is 23.8 Å². The van der Waals surface area contributed by atoms with Crippen molar-refractivity contribution < 1.29 is 0 Å². The molecule has 0 aliphatic rings. The molecule has 0 fully saturated rings. The van der Waals surface area contributed by atoms with Gasteiger partial charge < -0.3 is 22.1 Å². The molecule has 0 amide bonds. The van der Waals surface area contributed by atoms with Crippen molar-refractivity contribution >= 4 is 46.9 Å². The lowest BCUT2D eigenvalue weighted by molar-refractivity contribution is 0.969. The Balaban J connectivity index is 1.38. The molecule has 168 valence electrons. The Morgan fingerprint density at radius 2 is 1.00 bits per heavy atom. The monoisotopic (exact) mass is 460 g/mol. The minimum absolute atomic E-state index is 0.157. The van der Waals surface area contributed by atoms with Crippen LogP contribution in [0.5, 0.6) is 0 Å². The summed E-state index contributed by atoms with van der Waals surface area (Å²) in [6.07, 6.45) is 0. The Labute approximate surface area is 195 Å². The maximum Gasteiger partial charge on any atom is 0.232 e. The molecule has 0 saturated heterocycles. The average molecular weight is 461 g/mol. The quantitative estimate of drug-likeness (QED) is 0.304. The topological polar surface area (TPSA) is 153 Å². The number of hydrogen-bond donors (Lipinski definition) is 4. The van der Waals surface area contributed by atoms with Gasteiger partial charge in [0.1, 0.15) is 11.6 Å². The highest BCUT2D eigenvalue weighted by Crippen LogP contribution is 2.19. The molecule has 0 bridgehead atoms. The second-order valence-electron chi connectivity index (χ2n) is 7.34. The molecule has 0 saturated carbocycles.